The van der Waals surface area contributed by atoms with Crippen molar-refractivity contribution in [1.29, 1.82) is 0 Å². The quantitative estimate of drug-likeness (QED) is 0.382. The third-order valence-corrected chi connectivity index (χ3v) is 6.87. The van der Waals surface area contributed by atoms with Crippen LogP contribution >= 0.6 is 12.2 Å². The fourth-order valence-electron chi connectivity index (χ4n) is 5.39. The minimum absolute atomic E-state index is 0.0591. The molecule has 1 saturated heterocycles. The fourth-order valence-corrected chi connectivity index (χ4v) is 5.67. The zero-order valence-corrected chi connectivity index (χ0v) is 20.9. The molecule has 1 atom stereocenters. The first-order chi connectivity index (χ1) is 15.5. The van der Waals surface area contributed by atoms with Gasteiger partial charge in [0.05, 0.1) is 5.69 Å². The van der Waals surface area contributed by atoms with Crippen LogP contribution in [-0.2, 0) is 9.59 Å². The largest absolute Gasteiger partial charge is 0.364 e. The molecule has 0 radical (unpaired) electrons. The van der Waals surface area contributed by atoms with E-state index in [9.17, 15) is 9.59 Å². The van der Waals surface area contributed by atoms with Crippen LogP contribution in [0, 0.1) is 6.92 Å². The summed E-state index contributed by atoms with van der Waals surface area (Å²) in [6.07, 6.45) is 2.71. The maximum absolute atomic E-state index is 13.4. The highest BCUT2D eigenvalue weighted by Gasteiger charge is 2.38. The molecule has 5 nitrogen and oxygen atoms in total. The molecule has 172 valence electrons. The average molecular weight is 462 g/mol. The van der Waals surface area contributed by atoms with Crippen molar-refractivity contribution in [2.24, 2.45) is 0 Å². The number of carbonyl (C=O) groups is 2. The molecule has 0 spiro atoms. The number of fused-ring (bicyclic) bond motifs is 1. The van der Waals surface area contributed by atoms with E-state index in [0.717, 1.165) is 17.5 Å². The van der Waals surface area contributed by atoms with Crippen molar-refractivity contribution in [3.8, 4) is 0 Å². The number of aryl methyl sites for hydroxylation is 1. The highest BCUT2D eigenvalue weighted by Crippen LogP contribution is 2.44. The molecule has 2 aliphatic rings. The third-order valence-electron chi connectivity index (χ3n) is 6.59. The summed E-state index contributed by atoms with van der Waals surface area (Å²) >= 11 is 5.34. The van der Waals surface area contributed by atoms with Crippen LogP contribution in [0.5, 0.6) is 0 Å². The Morgan fingerprint density at radius 1 is 1.12 bits per heavy atom. The van der Waals surface area contributed by atoms with E-state index in [1.807, 2.05) is 37.3 Å². The molecule has 0 aliphatic carbocycles. The van der Waals surface area contributed by atoms with Gasteiger partial charge >= 0.3 is 0 Å². The minimum atomic E-state index is -0.467. The van der Waals surface area contributed by atoms with Gasteiger partial charge in [-0.15, -0.1) is 0 Å². The molecular formula is C27H31N3O2S. The number of thiocarbonyl (C=S) groups is 1. The summed E-state index contributed by atoms with van der Waals surface area (Å²) in [6.45, 7) is 13.2. The number of carbonyl (C=O) groups excluding carboxylic acids is 2. The first-order valence-electron chi connectivity index (χ1n) is 11.4. The minimum Gasteiger partial charge on any atom is -0.364 e. The summed E-state index contributed by atoms with van der Waals surface area (Å²) in [6, 6.07) is 14.1. The summed E-state index contributed by atoms with van der Waals surface area (Å²) in [4.78, 5) is 30.0. The molecule has 4 rings (SSSR count). The number of nitrogens with zero attached hydrogens (tertiary/aromatic N) is 2. The second-order valence-electron chi connectivity index (χ2n) is 9.94. The highest BCUT2D eigenvalue weighted by molar-refractivity contribution is 7.80. The van der Waals surface area contributed by atoms with Gasteiger partial charge in [-0.2, -0.15) is 0 Å². The summed E-state index contributed by atoms with van der Waals surface area (Å²) in [5, 5.41) is 2.78. The Labute approximate surface area is 201 Å². The molecule has 2 heterocycles. The average Bonchev–Trinajstić information content (AvgIpc) is 2.71. The SMILES string of the molecule is Cc1ccccc1N1C(=O)/C(=C/c2ccc3c(c2)C(C)CC(C)(C)N3C(C)C)C(=O)NC1=S. The molecule has 0 bridgehead atoms. The molecule has 0 aromatic heterocycles. The Bertz CT molecular complexity index is 1180. The molecule has 1 N–H and O–H groups in total. The smallest absolute Gasteiger partial charge is 0.270 e. The number of hydrogen-bond donors (Lipinski definition) is 1. The normalized spacial score (nSPS) is 21.5. The first-order valence-corrected chi connectivity index (χ1v) is 11.8. The number of anilines is 2. The van der Waals surface area contributed by atoms with Gasteiger partial charge < -0.3 is 4.90 Å². The molecule has 2 amide bonds. The van der Waals surface area contributed by atoms with Crippen molar-refractivity contribution in [2.75, 3.05) is 9.80 Å². The summed E-state index contributed by atoms with van der Waals surface area (Å²) in [7, 11) is 0. The molecule has 2 aromatic rings. The topological polar surface area (TPSA) is 52.7 Å². The van der Waals surface area contributed by atoms with Crippen LogP contribution in [0.15, 0.2) is 48.0 Å². The molecular weight excluding hydrogens is 430 g/mol. The van der Waals surface area contributed by atoms with Crippen LogP contribution in [0.25, 0.3) is 6.08 Å². The maximum Gasteiger partial charge on any atom is 0.270 e. The van der Waals surface area contributed by atoms with Gasteiger partial charge in [0.15, 0.2) is 5.11 Å². The van der Waals surface area contributed by atoms with Crippen molar-refractivity contribution < 1.29 is 9.59 Å². The van der Waals surface area contributed by atoms with E-state index in [4.69, 9.17) is 12.2 Å². The van der Waals surface area contributed by atoms with Crippen molar-refractivity contribution in [3.63, 3.8) is 0 Å². The van der Waals surface area contributed by atoms with Crippen LogP contribution in [0.3, 0.4) is 0 Å². The monoisotopic (exact) mass is 461 g/mol. The predicted molar refractivity (Wildman–Crippen MR) is 139 cm³/mol. The molecule has 1 fully saturated rings. The van der Waals surface area contributed by atoms with E-state index in [1.54, 1.807) is 6.08 Å². The highest BCUT2D eigenvalue weighted by atomic mass is 32.1. The van der Waals surface area contributed by atoms with E-state index >= 15 is 0 Å². The van der Waals surface area contributed by atoms with Gasteiger partial charge in [-0.25, -0.2) is 0 Å². The molecule has 1 unspecified atom stereocenters. The Morgan fingerprint density at radius 3 is 2.48 bits per heavy atom. The van der Waals surface area contributed by atoms with Crippen molar-refractivity contribution >= 4 is 46.6 Å². The molecule has 2 aliphatic heterocycles. The van der Waals surface area contributed by atoms with Crippen LogP contribution in [-0.4, -0.2) is 28.5 Å². The Balaban J connectivity index is 1.75. The number of hydrogen-bond acceptors (Lipinski definition) is 4. The van der Waals surface area contributed by atoms with E-state index in [1.165, 1.54) is 16.2 Å². The summed E-state index contributed by atoms with van der Waals surface area (Å²) in [5.41, 5.74) is 5.01. The molecule has 33 heavy (non-hydrogen) atoms. The van der Waals surface area contributed by atoms with Gasteiger partial charge in [0.1, 0.15) is 5.57 Å². The van der Waals surface area contributed by atoms with Gasteiger partial charge in [0, 0.05) is 17.3 Å². The lowest BCUT2D eigenvalue weighted by Crippen LogP contribution is -2.54. The van der Waals surface area contributed by atoms with Crippen LogP contribution in [0.2, 0.25) is 0 Å². The van der Waals surface area contributed by atoms with E-state index < -0.39 is 11.8 Å². The lowest BCUT2D eigenvalue weighted by atomic mass is 9.78. The zero-order chi connectivity index (χ0) is 24.1. The molecule has 6 heteroatoms. The number of rotatable bonds is 3. The van der Waals surface area contributed by atoms with Gasteiger partial charge in [-0.1, -0.05) is 31.2 Å². The van der Waals surface area contributed by atoms with Crippen molar-refractivity contribution in [2.45, 2.75) is 65.5 Å². The molecule has 0 saturated carbocycles. The van der Waals surface area contributed by atoms with Crippen LogP contribution in [0.1, 0.15) is 63.6 Å². The number of para-hydroxylation sites is 1. The zero-order valence-electron chi connectivity index (χ0n) is 20.1. The number of benzene rings is 2. The van der Waals surface area contributed by atoms with Gasteiger partial charge in [0.2, 0.25) is 0 Å². The van der Waals surface area contributed by atoms with Crippen LogP contribution in [0.4, 0.5) is 11.4 Å². The predicted octanol–water partition coefficient (Wildman–Crippen LogP) is 5.33. The maximum atomic E-state index is 13.4. The third kappa shape index (κ3) is 4.08. The summed E-state index contributed by atoms with van der Waals surface area (Å²) < 4.78 is 0. The second kappa shape index (κ2) is 8.41. The standard InChI is InChI=1S/C27H31N3O2S/c1-16(2)30-23-12-11-19(13-20(23)18(4)15-27(30,5)6)14-21-24(31)28-26(33)29(25(21)32)22-10-8-7-9-17(22)3/h7-14,16,18H,15H2,1-6H3,(H,28,31,33)/b21-14+. The van der Waals surface area contributed by atoms with Crippen molar-refractivity contribution in [3.05, 3.63) is 64.7 Å². The fraction of sp³-hybridized carbons (Fsp3) is 0.370. The molecule has 2 aromatic carbocycles. The van der Waals surface area contributed by atoms with E-state index in [-0.39, 0.29) is 16.2 Å². The van der Waals surface area contributed by atoms with E-state index in [2.05, 4.69) is 57.0 Å². The Morgan fingerprint density at radius 2 is 1.82 bits per heavy atom. The first kappa shape index (κ1) is 23.2. The Hall–Kier alpha value is -2.99. The number of nitrogens with one attached hydrogen (secondary N) is 1. The van der Waals surface area contributed by atoms with E-state index in [0.29, 0.717) is 17.6 Å². The van der Waals surface area contributed by atoms with Gasteiger partial charge in [0.25, 0.3) is 11.8 Å². The van der Waals surface area contributed by atoms with Crippen LogP contribution < -0.4 is 15.1 Å². The summed E-state index contributed by atoms with van der Waals surface area (Å²) in [5.74, 6) is -0.505. The Kier molecular flexibility index (Phi) is 5.91. The second-order valence-corrected chi connectivity index (χ2v) is 10.3. The number of amides is 2. The van der Waals surface area contributed by atoms with Gasteiger partial charge in [-0.3, -0.25) is 19.8 Å². The van der Waals surface area contributed by atoms with Gasteiger partial charge in [-0.05, 0) is 100 Å². The lowest BCUT2D eigenvalue weighted by Gasteiger charge is -2.50. The lowest BCUT2D eigenvalue weighted by molar-refractivity contribution is -0.122. The van der Waals surface area contributed by atoms with Crippen molar-refractivity contribution in [1.82, 2.24) is 5.32 Å².